The second kappa shape index (κ2) is 1.66. The van der Waals surface area contributed by atoms with Crippen LogP contribution >= 0.6 is 0 Å². The summed E-state index contributed by atoms with van der Waals surface area (Å²) in [6.07, 6.45) is 4.07. The number of nitrogens with one attached hydrogen (secondary N) is 1. The first-order chi connectivity index (χ1) is 4.88. The highest BCUT2D eigenvalue weighted by atomic mass is 15.1. The lowest BCUT2D eigenvalue weighted by Gasteiger charge is -1.88. The first-order valence-corrected chi connectivity index (χ1v) is 2.70. The van der Waals surface area contributed by atoms with Crippen LogP contribution in [0.3, 0.4) is 0 Å². The lowest BCUT2D eigenvalue weighted by Crippen LogP contribution is -1.90. The molecular formula is C5H4N5. The second-order valence-corrected chi connectivity index (χ2v) is 1.81. The minimum Gasteiger partial charge on any atom is -0.383 e. The molecule has 0 unspecified atom stereocenters. The van der Waals surface area contributed by atoms with Crippen LogP contribution in [-0.2, 0) is 0 Å². The van der Waals surface area contributed by atoms with Crippen molar-refractivity contribution >= 4 is 16.9 Å². The van der Waals surface area contributed by atoms with Gasteiger partial charge in [0.2, 0.25) is 0 Å². The lowest BCUT2D eigenvalue weighted by atomic mass is 10.4. The SMILES string of the molecule is Nc1ncnc2n[nH][c]c12. The molecule has 2 heterocycles. The number of rotatable bonds is 0. The van der Waals surface area contributed by atoms with E-state index in [9.17, 15) is 0 Å². The molecule has 1 radical (unpaired) electrons. The first-order valence-electron chi connectivity index (χ1n) is 2.70. The van der Waals surface area contributed by atoms with Crippen LogP contribution in [0, 0.1) is 6.20 Å². The minimum atomic E-state index is 0.402. The number of anilines is 1. The van der Waals surface area contributed by atoms with Gasteiger partial charge in [-0.25, -0.2) is 9.97 Å². The van der Waals surface area contributed by atoms with Gasteiger partial charge >= 0.3 is 0 Å². The van der Waals surface area contributed by atoms with E-state index in [-0.39, 0.29) is 0 Å². The van der Waals surface area contributed by atoms with Crippen LogP contribution < -0.4 is 5.73 Å². The fraction of sp³-hybridized carbons (Fsp3) is 0. The van der Waals surface area contributed by atoms with Gasteiger partial charge in [-0.15, -0.1) is 0 Å². The topological polar surface area (TPSA) is 80.5 Å². The number of nitrogen functional groups attached to an aromatic ring is 1. The zero-order valence-corrected chi connectivity index (χ0v) is 5.00. The molecule has 0 aliphatic carbocycles. The van der Waals surface area contributed by atoms with E-state index in [0.717, 1.165) is 0 Å². The highest BCUT2D eigenvalue weighted by Gasteiger charge is 2.00. The van der Waals surface area contributed by atoms with E-state index in [1.165, 1.54) is 6.33 Å². The van der Waals surface area contributed by atoms with Gasteiger partial charge < -0.3 is 5.73 Å². The van der Waals surface area contributed by atoms with E-state index >= 15 is 0 Å². The molecular weight excluding hydrogens is 130 g/mol. The smallest absolute Gasteiger partial charge is 0.186 e. The van der Waals surface area contributed by atoms with Crippen molar-refractivity contribution in [2.24, 2.45) is 0 Å². The second-order valence-electron chi connectivity index (χ2n) is 1.81. The zero-order chi connectivity index (χ0) is 6.97. The predicted molar refractivity (Wildman–Crippen MR) is 34.9 cm³/mol. The van der Waals surface area contributed by atoms with Crippen LogP contribution in [0.15, 0.2) is 6.33 Å². The molecule has 0 fully saturated rings. The number of fused-ring (bicyclic) bond motifs is 1. The Bertz CT molecular complexity index is 352. The summed E-state index contributed by atoms with van der Waals surface area (Å²) in [4.78, 5) is 7.59. The number of hydrogen-bond donors (Lipinski definition) is 2. The van der Waals surface area contributed by atoms with Crippen molar-refractivity contribution in [1.82, 2.24) is 20.2 Å². The largest absolute Gasteiger partial charge is 0.383 e. The lowest BCUT2D eigenvalue weighted by molar-refractivity contribution is 1.08. The summed E-state index contributed by atoms with van der Waals surface area (Å²) in [6.45, 7) is 0. The molecule has 5 nitrogen and oxygen atoms in total. The number of hydrogen-bond acceptors (Lipinski definition) is 4. The maximum absolute atomic E-state index is 5.46. The van der Waals surface area contributed by atoms with Gasteiger partial charge in [0.05, 0.1) is 11.6 Å². The Kier molecular flexibility index (Phi) is 0.858. The summed E-state index contributed by atoms with van der Waals surface area (Å²) in [6, 6.07) is 0. The molecule has 0 aromatic carbocycles. The van der Waals surface area contributed by atoms with E-state index in [0.29, 0.717) is 16.9 Å². The number of nitrogens with two attached hydrogens (primary N) is 1. The summed E-state index contributed by atoms with van der Waals surface area (Å²) >= 11 is 0. The highest BCUT2D eigenvalue weighted by Crippen LogP contribution is 2.10. The van der Waals surface area contributed by atoms with Crippen molar-refractivity contribution < 1.29 is 0 Å². The maximum Gasteiger partial charge on any atom is 0.186 e. The molecule has 5 heteroatoms. The van der Waals surface area contributed by atoms with Crippen molar-refractivity contribution in [2.45, 2.75) is 0 Å². The van der Waals surface area contributed by atoms with Crippen LogP contribution in [0.5, 0.6) is 0 Å². The van der Waals surface area contributed by atoms with E-state index in [1.807, 2.05) is 0 Å². The van der Waals surface area contributed by atoms with Crippen molar-refractivity contribution in [2.75, 3.05) is 5.73 Å². The molecule has 0 spiro atoms. The quantitative estimate of drug-likeness (QED) is 0.520. The van der Waals surface area contributed by atoms with E-state index in [1.54, 1.807) is 0 Å². The molecule has 3 N–H and O–H groups in total. The molecule has 0 bridgehead atoms. The summed E-state index contributed by atoms with van der Waals surface area (Å²) < 4.78 is 0. The van der Waals surface area contributed by atoms with Gasteiger partial charge in [0.1, 0.15) is 12.1 Å². The average Bonchev–Trinajstić information content (AvgIpc) is 2.36. The molecule has 2 aromatic heterocycles. The number of aromatic nitrogens is 4. The molecule has 0 atom stereocenters. The van der Waals surface area contributed by atoms with E-state index < -0.39 is 0 Å². The predicted octanol–water partition coefficient (Wildman–Crippen LogP) is -0.265. The number of H-pyrrole nitrogens is 1. The van der Waals surface area contributed by atoms with Crippen LogP contribution in [0.4, 0.5) is 5.82 Å². The van der Waals surface area contributed by atoms with Gasteiger partial charge in [0.15, 0.2) is 5.65 Å². The molecule has 49 valence electrons. The van der Waals surface area contributed by atoms with E-state index in [2.05, 4.69) is 26.4 Å². The molecule has 0 amide bonds. The molecule has 2 aromatic rings. The third kappa shape index (κ3) is 0.540. The van der Waals surface area contributed by atoms with E-state index in [4.69, 9.17) is 5.73 Å². The van der Waals surface area contributed by atoms with Gasteiger partial charge in [0, 0.05) is 0 Å². The fourth-order valence-corrected chi connectivity index (χ4v) is 0.731. The summed E-state index contributed by atoms with van der Waals surface area (Å²) in [7, 11) is 0. The normalized spacial score (nSPS) is 10.4. The van der Waals surface area contributed by atoms with Gasteiger partial charge in [-0.3, -0.25) is 5.10 Å². The summed E-state index contributed by atoms with van der Waals surface area (Å²) in [5.74, 6) is 0.402. The van der Waals surface area contributed by atoms with Crippen LogP contribution in [-0.4, -0.2) is 20.2 Å². The molecule has 0 aliphatic rings. The van der Waals surface area contributed by atoms with Crippen LogP contribution in [0.25, 0.3) is 11.0 Å². The Hall–Kier alpha value is -1.65. The summed E-state index contributed by atoms with van der Waals surface area (Å²) in [5.41, 5.74) is 6.01. The Morgan fingerprint density at radius 1 is 1.50 bits per heavy atom. The third-order valence-corrected chi connectivity index (χ3v) is 1.20. The molecule has 2 rings (SSSR count). The van der Waals surface area contributed by atoms with Crippen LogP contribution in [0.1, 0.15) is 0 Å². The molecule has 10 heavy (non-hydrogen) atoms. The van der Waals surface area contributed by atoms with Crippen molar-refractivity contribution in [3.05, 3.63) is 12.5 Å². The highest BCUT2D eigenvalue weighted by molar-refractivity contribution is 5.83. The molecule has 0 aliphatic heterocycles. The monoisotopic (exact) mass is 134 g/mol. The minimum absolute atomic E-state index is 0.402. The summed E-state index contributed by atoms with van der Waals surface area (Å²) in [5, 5.41) is 6.93. The Morgan fingerprint density at radius 2 is 2.40 bits per heavy atom. The zero-order valence-electron chi connectivity index (χ0n) is 5.00. The Labute approximate surface area is 56.3 Å². The number of aromatic amines is 1. The van der Waals surface area contributed by atoms with Crippen LogP contribution in [0.2, 0.25) is 0 Å². The van der Waals surface area contributed by atoms with Gasteiger partial charge in [0.25, 0.3) is 0 Å². The molecule has 0 saturated carbocycles. The standard InChI is InChI=1S/C5H4N5/c6-4-3-1-9-10-5(3)8-2-7-4/h2H,(H3,6,7,8,9,10). The van der Waals surface area contributed by atoms with Crippen molar-refractivity contribution in [3.8, 4) is 0 Å². The van der Waals surface area contributed by atoms with Crippen molar-refractivity contribution in [1.29, 1.82) is 0 Å². The first kappa shape index (κ1) is 5.16. The Morgan fingerprint density at radius 3 is 3.20 bits per heavy atom. The average molecular weight is 134 g/mol. The third-order valence-electron chi connectivity index (χ3n) is 1.20. The van der Waals surface area contributed by atoms with Gasteiger partial charge in [-0.2, -0.15) is 5.10 Å². The number of nitrogens with zero attached hydrogens (tertiary/aromatic N) is 3. The Balaban J connectivity index is 2.95. The fourth-order valence-electron chi connectivity index (χ4n) is 0.731. The van der Waals surface area contributed by atoms with Gasteiger partial charge in [-0.05, 0) is 0 Å². The van der Waals surface area contributed by atoms with Crippen molar-refractivity contribution in [3.63, 3.8) is 0 Å². The maximum atomic E-state index is 5.46. The molecule has 0 saturated heterocycles. The van der Waals surface area contributed by atoms with Gasteiger partial charge in [-0.1, -0.05) is 0 Å².